The molecule has 2 heterocycles. The number of fused-ring (bicyclic) bond motifs is 2. The van der Waals surface area contributed by atoms with Gasteiger partial charge in [-0.2, -0.15) is 0 Å². The van der Waals surface area contributed by atoms with Crippen LogP contribution in [-0.4, -0.2) is 21.1 Å². The highest BCUT2D eigenvalue weighted by Gasteiger charge is 2.30. The van der Waals surface area contributed by atoms with Gasteiger partial charge in [0.15, 0.2) is 5.72 Å². The number of aryl methyl sites for hydroxylation is 2. The van der Waals surface area contributed by atoms with Gasteiger partial charge in [0.1, 0.15) is 17.9 Å². The molecule has 1 aromatic heterocycles. The third kappa shape index (κ3) is 2.21. The number of rotatable bonds is 1. The van der Waals surface area contributed by atoms with E-state index in [2.05, 4.69) is 53.7 Å². The molecule has 4 nitrogen and oxygen atoms in total. The lowest BCUT2D eigenvalue weighted by Gasteiger charge is -2.31. The molecule has 0 amide bonds. The summed E-state index contributed by atoms with van der Waals surface area (Å²) in [7, 11) is 0. The molecule has 1 aliphatic rings. The summed E-state index contributed by atoms with van der Waals surface area (Å²) < 4.78 is 8.19. The molecule has 0 N–H and O–H groups in total. The van der Waals surface area contributed by atoms with Crippen LogP contribution in [0, 0.1) is 6.92 Å². The molecule has 0 atom stereocenters. The van der Waals surface area contributed by atoms with Gasteiger partial charge in [-0.1, -0.05) is 31.2 Å². The van der Waals surface area contributed by atoms with Gasteiger partial charge in [-0.3, -0.25) is 4.57 Å². The van der Waals surface area contributed by atoms with Crippen molar-refractivity contribution in [3.05, 3.63) is 59.4 Å². The molecule has 0 bridgehead atoms. The Morgan fingerprint density at radius 1 is 1.12 bits per heavy atom. The third-order valence-electron chi connectivity index (χ3n) is 4.45. The van der Waals surface area contributed by atoms with Crippen molar-refractivity contribution in [2.24, 2.45) is 4.99 Å². The first-order valence-corrected chi connectivity index (χ1v) is 8.34. The normalized spacial score (nSPS) is 15.8. The lowest BCUT2D eigenvalue weighted by Crippen LogP contribution is -2.34. The minimum absolute atomic E-state index is 0.604. The number of hydrogen-bond acceptors (Lipinski definition) is 3. The number of nitrogens with zero attached hydrogens (tertiary/aromatic N) is 3. The third-order valence-corrected chi connectivity index (χ3v) is 4.45. The smallest absolute Gasteiger partial charge is 0.196 e. The molecule has 0 aliphatic carbocycles. The average Bonchev–Trinajstić information content (AvgIpc) is 2.98. The zero-order valence-corrected chi connectivity index (χ0v) is 14.5. The Bertz CT molecular complexity index is 966. The van der Waals surface area contributed by atoms with Gasteiger partial charge in [0.05, 0.1) is 16.6 Å². The van der Waals surface area contributed by atoms with Crippen molar-refractivity contribution in [1.29, 1.82) is 0 Å². The first-order chi connectivity index (χ1) is 11.5. The average molecular weight is 319 g/mol. The second-order valence-electron chi connectivity index (χ2n) is 6.69. The van der Waals surface area contributed by atoms with Crippen LogP contribution in [0.25, 0.3) is 11.0 Å². The van der Waals surface area contributed by atoms with Crippen LogP contribution in [0.1, 0.15) is 37.5 Å². The number of aliphatic imine (C=N–C) groups is 1. The van der Waals surface area contributed by atoms with Crippen LogP contribution in [-0.2, 0) is 6.42 Å². The zero-order chi connectivity index (χ0) is 16.9. The van der Waals surface area contributed by atoms with Crippen LogP contribution in [0.4, 0.5) is 0 Å². The molecule has 24 heavy (non-hydrogen) atoms. The van der Waals surface area contributed by atoms with Crippen LogP contribution in [0.15, 0.2) is 47.7 Å². The molecule has 122 valence electrons. The molecule has 0 saturated heterocycles. The summed E-state index contributed by atoms with van der Waals surface area (Å²) >= 11 is 0. The Balaban J connectivity index is 2.00. The fourth-order valence-corrected chi connectivity index (χ4v) is 3.29. The molecule has 0 radical (unpaired) electrons. The van der Waals surface area contributed by atoms with E-state index in [4.69, 9.17) is 9.73 Å². The standard InChI is InChI=1S/C20H21N3O/c1-5-14-9-7-11-16-17(14)21-12-23(16)19-15-10-6-8-13(2)18(15)24-20(3,4)22-19/h6-12H,5H2,1-4H3. The molecule has 1 aliphatic heterocycles. The Morgan fingerprint density at radius 3 is 2.71 bits per heavy atom. The van der Waals surface area contributed by atoms with E-state index in [-0.39, 0.29) is 0 Å². The van der Waals surface area contributed by atoms with E-state index in [0.717, 1.165) is 40.2 Å². The summed E-state index contributed by atoms with van der Waals surface area (Å²) in [5, 5.41) is 0. The van der Waals surface area contributed by atoms with Crippen LogP contribution in [0.3, 0.4) is 0 Å². The summed E-state index contributed by atoms with van der Waals surface area (Å²) in [6.07, 6.45) is 2.83. The summed E-state index contributed by atoms with van der Waals surface area (Å²) in [5.41, 5.74) is 4.90. The molecule has 4 rings (SSSR count). The van der Waals surface area contributed by atoms with Gasteiger partial charge in [0.2, 0.25) is 0 Å². The van der Waals surface area contributed by atoms with Crippen molar-refractivity contribution < 1.29 is 4.74 Å². The van der Waals surface area contributed by atoms with Gasteiger partial charge in [-0.25, -0.2) is 9.98 Å². The first-order valence-electron chi connectivity index (χ1n) is 8.34. The molecule has 0 unspecified atom stereocenters. The van der Waals surface area contributed by atoms with Gasteiger partial charge in [0.25, 0.3) is 0 Å². The lowest BCUT2D eigenvalue weighted by atomic mass is 10.1. The van der Waals surface area contributed by atoms with Crippen molar-refractivity contribution in [2.45, 2.75) is 39.8 Å². The predicted octanol–water partition coefficient (Wildman–Crippen LogP) is 4.33. The first kappa shape index (κ1) is 14.9. The molecule has 4 heteroatoms. The van der Waals surface area contributed by atoms with E-state index in [1.54, 1.807) is 0 Å². The van der Waals surface area contributed by atoms with Crippen LogP contribution >= 0.6 is 0 Å². The van der Waals surface area contributed by atoms with Gasteiger partial charge >= 0.3 is 0 Å². The van der Waals surface area contributed by atoms with E-state index in [1.165, 1.54) is 5.56 Å². The molecule has 0 spiro atoms. The topological polar surface area (TPSA) is 39.4 Å². The maximum absolute atomic E-state index is 6.11. The number of para-hydroxylation sites is 2. The van der Waals surface area contributed by atoms with E-state index >= 15 is 0 Å². The molecule has 0 fully saturated rings. The fraction of sp³-hybridized carbons (Fsp3) is 0.300. The SMILES string of the molecule is CCc1cccc2c1ncn2C1=NC(C)(C)Oc2c(C)cccc21. The molecule has 2 aromatic carbocycles. The Morgan fingerprint density at radius 2 is 1.92 bits per heavy atom. The number of hydrogen-bond donors (Lipinski definition) is 0. The molecule has 3 aromatic rings. The molecular weight excluding hydrogens is 298 g/mol. The van der Waals surface area contributed by atoms with Crippen LogP contribution in [0.5, 0.6) is 5.75 Å². The van der Waals surface area contributed by atoms with Gasteiger partial charge in [-0.15, -0.1) is 0 Å². The second kappa shape index (κ2) is 5.20. The quantitative estimate of drug-likeness (QED) is 0.669. The van der Waals surface area contributed by atoms with Crippen molar-refractivity contribution in [3.63, 3.8) is 0 Å². The maximum Gasteiger partial charge on any atom is 0.196 e. The highest BCUT2D eigenvalue weighted by atomic mass is 16.5. The number of aromatic nitrogens is 2. The van der Waals surface area contributed by atoms with Gasteiger partial charge < -0.3 is 4.74 Å². The maximum atomic E-state index is 6.11. The highest BCUT2D eigenvalue weighted by Crippen LogP contribution is 2.34. The number of ether oxygens (including phenoxy) is 1. The van der Waals surface area contributed by atoms with Crippen molar-refractivity contribution in [3.8, 4) is 5.75 Å². The largest absolute Gasteiger partial charge is 0.466 e. The second-order valence-corrected chi connectivity index (χ2v) is 6.69. The Kier molecular flexibility index (Phi) is 3.23. The molecular formula is C20H21N3O. The van der Waals surface area contributed by atoms with E-state index in [0.29, 0.717) is 0 Å². The fourth-order valence-electron chi connectivity index (χ4n) is 3.29. The summed E-state index contributed by atoms with van der Waals surface area (Å²) in [4.78, 5) is 9.51. The number of benzene rings is 2. The summed E-state index contributed by atoms with van der Waals surface area (Å²) in [5.74, 6) is 1.79. The van der Waals surface area contributed by atoms with Crippen molar-refractivity contribution >= 4 is 16.9 Å². The minimum atomic E-state index is -0.604. The Labute approximate surface area is 141 Å². The van der Waals surface area contributed by atoms with Gasteiger partial charge in [0, 0.05) is 0 Å². The summed E-state index contributed by atoms with van der Waals surface area (Å²) in [6.45, 7) is 8.19. The van der Waals surface area contributed by atoms with Crippen molar-refractivity contribution in [2.75, 3.05) is 0 Å². The Hall–Kier alpha value is -2.62. The van der Waals surface area contributed by atoms with E-state index < -0.39 is 5.72 Å². The van der Waals surface area contributed by atoms with Crippen molar-refractivity contribution in [1.82, 2.24) is 9.55 Å². The zero-order valence-electron chi connectivity index (χ0n) is 14.5. The van der Waals surface area contributed by atoms with Gasteiger partial charge in [-0.05, 0) is 50.5 Å². The van der Waals surface area contributed by atoms with Crippen LogP contribution in [0.2, 0.25) is 0 Å². The lowest BCUT2D eigenvalue weighted by molar-refractivity contribution is 0.113. The minimum Gasteiger partial charge on any atom is -0.466 e. The molecule has 0 saturated carbocycles. The summed E-state index contributed by atoms with van der Waals surface area (Å²) in [6, 6.07) is 12.5. The van der Waals surface area contributed by atoms with E-state index in [1.807, 2.05) is 26.2 Å². The monoisotopic (exact) mass is 319 g/mol. The predicted molar refractivity (Wildman–Crippen MR) is 96.9 cm³/mol. The van der Waals surface area contributed by atoms with E-state index in [9.17, 15) is 0 Å². The highest BCUT2D eigenvalue weighted by molar-refractivity contribution is 6.07. The van der Waals surface area contributed by atoms with Crippen LogP contribution < -0.4 is 4.74 Å². The number of imidazole rings is 1.